The summed E-state index contributed by atoms with van der Waals surface area (Å²) in [5.41, 5.74) is -0.0965. The highest BCUT2D eigenvalue weighted by atomic mass is 32.2. The summed E-state index contributed by atoms with van der Waals surface area (Å²) >= 11 is 2.50. The van der Waals surface area contributed by atoms with Crippen molar-refractivity contribution in [2.75, 3.05) is 0 Å². The van der Waals surface area contributed by atoms with Crippen molar-refractivity contribution in [3.8, 4) is 0 Å². The molecule has 0 atom stereocenters. The van der Waals surface area contributed by atoms with Gasteiger partial charge in [0.25, 0.3) is 0 Å². The van der Waals surface area contributed by atoms with E-state index in [1.807, 2.05) is 24.3 Å². The number of carbonyl (C=O) groups excluding carboxylic acids is 1. The van der Waals surface area contributed by atoms with Gasteiger partial charge in [-0.1, -0.05) is 231 Å². The van der Waals surface area contributed by atoms with Gasteiger partial charge in [0.15, 0.2) is 4.34 Å². The fourth-order valence-electron chi connectivity index (χ4n) is 7.94. The van der Waals surface area contributed by atoms with E-state index in [0.717, 1.165) is 60.8 Å². The van der Waals surface area contributed by atoms with E-state index in [4.69, 9.17) is 4.18 Å². The van der Waals surface area contributed by atoms with Gasteiger partial charge in [-0.3, -0.25) is 9.59 Å². The Morgan fingerprint density at radius 2 is 0.926 bits per heavy atom. The lowest BCUT2D eigenvalue weighted by atomic mass is 9.75. The Balaban J connectivity index is 1.72. The summed E-state index contributed by atoms with van der Waals surface area (Å²) in [5, 5.41) is 10.0. The molecule has 1 aromatic carbocycles. The number of hydrogen-bond donors (Lipinski definition) is 1. The minimum Gasteiger partial charge on any atom is -0.481 e. The molecule has 2 rings (SSSR count). The molecule has 310 valence electrons. The third-order valence-corrected chi connectivity index (χ3v) is 13.2. The van der Waals surface area contributed by atoms with E-state index in [1.165, 1.54) is 178 Å². The number of aliphatic carboxylic acids is 1. The van der Waals surface area contributed by atoms with Gasteiger partial charge in [0.1, 0.15) is 12.0 Å². The van der Waals surface area contributed by atoms with Crippen LogP contribution in [0.1, 0.15) is 239 Å². The number of carboxylic acid groups (broad SMARTS) is 1. The second kappa shape index (κ2) is 33.5. The number of carbonyl (C=O) groups is 2. The molecule has 0 amide bonds. The van der Waals surface area contributed by atoms with Gasteiger partial charge in [-0.25, -0.2) is 4.98 Å². The van der Waals surface area contributed by atoms with Crippen LogP contribution in [0.5, 0.6) is 0 Å². The zero-order valence-corrected chi connectivity index (χ0v) is 36.6. The zero-order chi connectivity index (χ0) is 38.8. The maximum absolute atomic E-state index is 13.8. The Hall–Kier alpha value is -1.60. The molecular weight excluding hydrogens is 707 g/mol. The molecule has 0 fully saturated rings. The molecule has 54 heavy (non-hydrogen) atoms. The molecule has 0 saturated carbocycles. The Morgan fingerprint density at radius 3 is 1.28 bits per heavy atom. The van der Waals surface area contributed by atoms with Crippen molar-refractivity contribution in [2.24, 2.45) is 5.41 Å². The first kappa shape index (κ1) is 48.5. The third-order valence-electron chi connectivity index (χ3n) is 11.4. The molecule has 0 unspecified atom stereocenters. The van der Waals surface area contributed by atoms with Crippen LogP contribution < -0.4 is 0 Å². The number of carboxylic acids is 1. The van der Waals surface area contributed by atoms with E-state index in [9.17, 15) is 14.7 Å². The lowest BCUT2D eigenvalue weighted by Gasteiger charge is -2.29. The summed E-state index contributed by atoms with van der Waals surface area (Å²) in [6, 6.07) is 7.91. The highest BCUT2D eigenvalue weighted by molar-refractivity contribution is 7.97. The molecule has 0 aliphatic heterocycles. The number of benzene rings is 1. The van der Waals surface area contributed by atoms with Gasteiger partial charge in [0, 0.05) is 0 Å². The molecule has 2 aromatic rings. The zero-order valence-electron chi connectivity index (χ0n) is 35.0. The Kier molecular flexibility index (Phi) is 30.1. The van der Waals surface area contributed by atoms with Crippen molar-refractivity contribution < 1.29 is 18.9 Å². The molecule has 0 aliphatic rings. The molecule has 1 N–H and O–H groups in total. The van der Waals surface area contributed by atoms with E-state index in [-0.39, 0.29) is 12.4 Å². The van der Waals surface area contributed by atoms with Crippen LogP contribution in [0.2, 0.25) is 0 Å². The minimum absolute atomic E-state index is 0.163. The quantitative estimate of drug-likeness (QED) is 0.0537. The second-order valence-electron chi connectivity index (χ2n) is 16.4. The van der Waals surface area contributed by atoms with E-state index < -0.39 is 11.4 Å². The number of unbranched alkanes of at least 4 members (excludes halogenated alkanes) is 30. The number of fused-ring (bicyclic) bond motifs is 1. The summed E-state index contributed by atoms with van der Waals surface area (Å²) in [6.07, 6.45) is 42.4. The summed E-state index contributed by atoms with van der Waals surface area (Å²) in [6.45, 7) is 4.56. The lowest BCUT2D eigenvalue weighted by molar-refractivity contribution is -0.153. The topological polar surface area (TPSA) is 76.5 Å². The SMILES string of the molecule is CCCCCCCCCCCCCCCCCCC(CCCCCCCCCCCCCCCCCC)(CC(=O)O)C(=O)OSc1nc2ccccc2s1. The van der Waals surface area contributed by atoms with Crippen LogP contribution in [0.3, 0.4) is 0 Å². The largest absolute Gasteiger partial charge is 0.481 e. The summed E-state index contributed by atoms with van der Waals surface area (Å²) in [5.74, 6) is -1.29. The maximum atomic E-state index is 13.8. The van der Waals surface area contributed by atoms with Gasteiger partial charge in [-0.15, -0.1) is 11.3 Å². The molecule has 1 aromatic heterocycles. The Labute approximate surface area is 340 Å². The molecule has 0 saturated heterocycles. The van der Waals surface area contributed by atoms with Crippen LogP contribution in [-0.4, -0.2) is 22.0 Å². The predicted molar refractivity (Wildman–Crippen MR) is 235 cm³/mol. The van der Waals surface area contributed by atoms with E-state index in [2.05, 4.69) is 18.8 Å². The first-order valence-electron chi connectivity index (χ1n) is 23.0. The van der Waals surface area contributed by atoms with Crippen LogP contribution in [0.15, 0.2) is 28.6 Å². The Bertz CT molecular complexity index is 1110. The average Bonchev–Trinajstić information content (AvgIpc) is 3.59. The standard InChI is InChI=1S/C47H81NO4S2/c1-3-5-7-9-11-13-15-17-19-21-23-25-27-29-31-35-39-47(41-44(49)50,45(51)52-54-46-48-42-37-33-34-38-43(42)53-46)40-36-32-30-28-26-24-22-20-18-16-14-12-10-8-6-4-2/h33-34,37-38H,3-32,35-36,39-41H2,1-2H3,(H,49,50). The molecular formula is C47H81NO4S2. The normalized spacial score (nSPS) is 11.8. The van der Waals surface area contributed by atoms with Crippen molar-refractivity contribution >= 4 is 45.5 Å². The molecule has 7 heteroatoms. The van der Waals surface area contributed by atoms with Crippen molar-refractivity contribution in [1.82, 2.24) is 4.98 Å². The van der Waals surface area contributed by atoms with Crippen LogP contribution in [0, 0.1) is 5.41 Å². The lowest BCUT2D eigenvalue weighted by Crippen LogP contribution is -2.34. The van der Waals surface area contributed by atoms with Crippen LogP contribution in [0.4, 0.5) is 0 Å². The fourth-order valence-corrected chi connectivity index (χ4v) is 9.60. The summed E-state index contributed by atoms with van der Waals surface area (Å²) < 4.78 is 7.57. The van der Waals surface area contributed by atoms with Crippen molar-refractivity contribution in [2.45, 2.75) is 243 Å². The number of nitrogens with zero attached hydrogens (tertiary/aromatic N) is 1. The number of para-hydroxylation sites is 1. The number of thiazole rings is 1. The Morgan fingerprint density at radius 1 is 0.574 bits per heavy atom. The van der Waals surface area contributed by atoms with Gasteiger partial charge < -0.3 is 9.29 Å². The highest BCUT2D eigenvalue weighted by Crippen LogP contribution is 2.40. The highest BCUT2D eigenvalue weighted by Gasteiger charge is 2.41. The van der Waals surface area contributed by atoms with E-state index >= 15 is 0 Å². The first-order chi connectivity index (χ1) is 26.5. The minimum atomic E-state index is -0.985. The molecule has 1 heterocycles. The molecule has 0 spiro atoms. The van der Waals surface area contributed by atoms with Gasteiger partial charge in [-0.2, -0.15) is 0 Å². The van der Waals surface area contributed by atoms with Crippen molar-refractivity contribution in [1.29, 1.82) is 0 Å². The predicted octanol–water partition coefficient (Wildman–Crippen LogP) is 16.6. The fraction of sp³-hybridized carbons (Fsp3) is 0.809. The van der Waals surface area contributed by atoms with Gasteiger partial charge in [-0.05, 0) is 25.0 Å². The molecule has 0 aliphatic carbocycles. The molecule has 5 nitrogen and oxygen atoms in total. The second-order valence-corrected chi connectivity index (χ2v) is 18.4. The first-order valence-corrected chi connectivity index (χ1v) is 24.5. The number of hydrogen-bond acceptors (Lipinski definition) is 6. The van der Waals surface area contributed by atoms with E-state index in [0.29, 0.717) is 17.2 Å². The van der Waals surface area contributed by atoms with Gasteiger partial charge in [0.05, 0.1) is 22.1 Å². The smallest absolute Gasteiger partial charge is 0.325 e. The molecule has 0 radical (unpaired) electrons. The number of rotatable bonds is 39. The summed E-state index contributed by atoms with van der Waals surface area (Å²) in [7, 11) is 0. The van der Waals surface area contributed by atoms with Gasteiger partial charge >= 0.3 is 11.9 Å². The number of aromatic nitrogens is 1. The average molecular weight is 788 g/mol. The molecule has 0 bridgehead atoms. The van der Waals surface area contributed by atoms with Crippen LogP contribution >= 0.6 is 23.4 Å². The van der Waals surface area contributed by atoms with Crippen molar-refractivity contribution in [3.63, 3.8) is 0 Å². The summed E-state index contributed by atoms with van der Waals surface area (Å²) in [4.78, 5) is 30.7. The maximum Gasteiger partial charge on any atom is 0.325 e. The van der Waals surface area contributed by atoms with Crippen LogP contribution in [0.25, 0.3) is 10.2 Å². The van der Waals surface area contributed by atoms with Crippen LogP contribution in [-0.2, 0) is 13.8 Å². The monoisotopic (exact) mass is 788 g/mol. The van der Waals surface area contributed by atoms with Gasteiger partial charge in [0.2, 0.25) is 0 Å². The van der Waals surface area contributed by atoms with E-state index in [1.54, 1.807) is 0 Å². The third kappa shape index (κ3) is 24.1. The van der Waals surface area contributed by atoms with Crippen molar-refractivity contribution in [3.05, 3.63) is 24.3 Å².